The van der Waals surface area contributed by atoms with E-state index in [-0.39, 0.29) is 35.8 Å². The summed E-state index contributed by atoms with van der Waals surface area (Å²) in [6.45, 7) is 13.1. The van der Waals surface area contributed by atoms with E-state index in [4.69, 9.17) is 23.2 Å². The van der Waals surface area contributed by atoms with Crippen molar-refractivity contribution in [3.05, 3.63) is 69.7 Å². The second kappa shape index (κ2) is 14.7. The van der Waals surface area contributed by atoms with Gasteiger partial charge in [-0.15, -0.1) is 0 Å². The van der Waals surface area contributed by atoms with Crippen LogP contribution in [0.3, 0.4) is 0 Å². The number of carbonyl (C=O) groups is 2. The maximum atomic E-state index is 14.8. The van der Waals surface area contributed by atoms with Gasteiger partial charge in [-0.1, -0.05) is 68.2 Å². The summed E-state index contributed by atoms with van der Waals surface area (Å²) in [5.74, 6) is -1.15. The molecule has 11 heteroatoms. The van der Waals surface area contributed by atoms with E-state index in [1.165, 1.54) is 0 Å². The molecular weight excluding hydrogens is 635 g/mol. The van der Waals surface area contributed by atoms with Gasteiger partial charge in [-0.25, -0.2) is 8.42 Å². The van der Waals surface area contributed by atoms with Crippen LogP contribution in [0, 0.1) is 11.3 Å². The average molecular weight is 684 g/mol. The Labute approximate surface area is 274 Å². The van der Waals surface area contributed by atoms with Crippen LogP contribution in [0.25, 0.3) is 0 Å². The lowest BCUT2D eigenvalue weighted by molar-refractivity contribution is -0.158. The van der Waals surface area contributed by atoms with Gasteiger partial charge in [0.15, 0.2) is 18.2 Å². The van der Waals surface area contributed by atoms with Crippen molar-refractivity contribution >= 4 is 53.2 Å². The number of hydrogen-bond donors (Lipinski definition) is 2. The number of rotatable bonds is 13. The number of hydrogen-bond acceptors (Lipinski definition) is 5. The molecule has 0 aromatic heterocycles. The Morgan fingerprint density at radius 1 is 1.07 bits per heavy atom. The van der Waals surface area contributed by atoms with Crippen molar-refractivity contribution in [2.75, 3.05) is 12.3 Å². The zero-order valence-corrected chi connectivity index (χ0v) is 30.3. The molecular formula is C33H48Cl2N2O5SSi. The minimum absolute atomic E-state index is 0.0472. The number of nitrogens with one attached hydrogen (secondary N) is 1. The number of carbonyl (C=O) groups excluding carboxylic acids is 2. The molecule has 1 aliphatic rings. The molecule has 1 aliphatic heterocycles. The van der Waals surface area contributed by atoms with Gasteiger partial charge in [0.05, 0.1) is 22.5 Å². The largest absolute Gasteiger partial charge is 0.432 e. The average Bonchev–Trinajstić information content (AvgIpc) is 2.91. The van der Waals surface area contributed by atoms with Crippen LogP contribution in [-0.4, -0.2) is 61.8 Å². The first kappa shape index (κ1) is 36.6. The number of halogens is 2. The zero-order chi connectivity index (χ0) is 33.0. The third-order valence-electron chi connectivity index (χ3n) is 8.68. The minimum Gasteiger partial charge on any atom is -0.432 e. The highest BCUT2D eigenvalue weighted by atomic mass is 35.5. The molecule has 0 saturated carbocycles. The molecule has 0 aliphatic carbocycles. The van der Waals surface area contributed by atoms with E-state index in [0.29, 0.717) is 35.5 Å². The van der Waals surface area contributed by atoms with Crippen LogP contribution in [0.5, 0.6) is 0 Å². The third kappa shape index (κ3) is 9.31. The number of nitrogens with zero attached hydrogens (tertiary/aromatic N) is 1. The van der Waals surface area contributed by atoms with Crippen molar-refractivity contribution in [2.45, 2.75) is 96.3 Å². The highest BCUT2D eigenvalue weighted by Crippen LogP contribution is 2.52. The molecule has 1 saturated heterocycles. The van der Waals surface area contributed by atoms with Crippen molar-refractivity contribution in [3.8, 4) is 0 Å². The van der Waals surface area contributed by atoms with Gasteiger partial charge in [0.25, 0.3) is 0 Å². The number of benzene rings is 2. The SMILES string of the molecule is CC(C)[C@@H](CS(=O)(=O)C(C)C)N1C(=O)[C@@](C)(CC(=O)NCCC[Si](C)(C)O)CC(c2cccc(Cl)c2)[C@H]1c1ccc(Cl)cc1. The molecule has 2 aromatic carbocycles. The van der Waals surface area contributed by atoms with Crippen LogP contribution in [0.15, 0.2) is 48.5 Å². The molecule has 0 spiro atoms. The van der Waals surface area contributed by atoms with Crippen LogP contribution >= 0.6 is 23.2 Å². The Hall–Kier alpha value is -1.91. The Morgan fingerprint density at radius 2 is 1.70 bits per heavy atom. The van der Waals surface area contributed by atoms with E-state index in [2.05, 4.69) is 5.32 Å². The van der Waals surface area contributed by atoms with E-state index in [9.17, 15) is 22.8 Å². The lowest BCUT2D eigenvalue weighted by atomic mass is 9.66. The molecule has 0 radical (unpaired) electrons. The fourth-order valence-electron chi connectivity index (χ4n) is 6.10. The number of likely N-dealkylation sites (tertiary alicyclic amines) is 1. The molecule has 1 unspecified atom stereocenters. The molecule has 0 bridgehead atoms. The highest BCUT2D eigenvalue weighted by Gasteiger charge is 2.53. The summed E-state index contributed by atoms with van der Waals surface area (Å²) >= 11 is 12.8. The second-order valence-corrected chi connectivity index (χ2v) is 21.4. The lowest BCUT2D eigenvalue weighted by Gasteiger charge is -2.53. The van der Waals surface area contributed by atoms with E-state index in [1.807, 2.05) is 64.2 Å². The first-order valence-electron chi connectivity index (χ1n) is 15.4. The summed E-state index contributed by atoms with van der Waals surface area (Å²) in [5.41, 5.74) is 0.633. The summed E-state index contributed by atoms with van der Waals surface area (Å²) in [6.07, 6.45) is 0.973. The summed E-state index contributed by atoms with van der Waals surface area (Å²) in [7, 11) is -5.77. The van der Waals surface area contributed by atoms with Crippen LogP contribution < -0.4 is 5.32 Å². The highest BCUT2D eigenvalue weighted by molar-refractivity contribution is 7.92. The van der Waals surface area contributed by atoms with Crippen LogP contribution in [0.2, 0.25) is 29.2 Å². The molecule has 1 fully saturated rings. The van der Waals surface area contributed by atoms with E-state index in [0.717, 1.165) is 11.1 Å². The van der Waals surface area contributed by atoms with Gasteiger partial charge in [-0.3, -0.25) is 9.59 Å². The Bertz CT molecular complexity index is 1410. The number of amides is 2. The van der Waals surface area contributed by atoms with Gasteiger partial charge in [-0.2, -0.15) is 0 Å². The number of sulfone groups is 1. The zero-order valence-electron chi connectivity index (χ0n) is 26.9. The molecule has 2 amide bonds. The quantitative estimate of drug-likeness (QED) is 0.175. The summed E-state index contributed by atoms with van der Waals surface area (Å²) in [6, 6.07) is 14.4. The Morgan fingerprint density at radius 3 is 2.25 bits per heavy atom. The topological polar surface area (TPSA) is 104 Å². The van der Waals surface area contributed by atoms with Gasteiger partial charge in [0, 0.05) is 35.0 Å². The third-order valence-corrected chi connectivity index (χ3v) is 13.0. The standard InChI is InChI=1S/C33H48Cl2N2O5SSi/c1-22(2)29(21-43(40,41)23(3)4)37-31(24-12-14-26(34)15-13-24)28(25-10-8-11-27(35)18-25)19-33(5,32(37)39)20-30(38)36-16-9-17-44(6,7)42/h8,10-15,18,22-23,28-29,31,42H,9,16-17,19-21H2,1-7H3,(H,36,38)/t28?,29-,31-,33-/m1/s1. The maximum Gasteiger partial charge on any atom is 0.229 e. The fourth-order valence-corrected chi connectivity index (χ4v) is 8.87. The van der Waals surface area contributed by atoms with Crippen molar-refractivity contribution in [1.29, 1.82) is 0 Å². The van der Waals surface area contributed by atoms with E-state index >= 15 is 0 Å². The summed E-state index contributed by atoms with van der Waals surface area (Å²) in [5, 5.41) is 3.45. The molecule has 4 atom stereocenters. The second-order valence-electron chi connectivity index (χ2n) is 13.8. The Kier molecular flexibility index (Phi) is 12.2. The van der Waals surface area contributed by atoms with E-state index < -0.39 is 40.9 Å². The molecule has 7 nitrogen and oxygen atoms in total. The van der Waals surface area contributed by atoms with Crippen LogP contribution in [-0.2, 0) is 19.4 Å². The van der Waals surface area contributed by atoms with Crippen molar-refractivity contribution in [2.24, 2.45) is 11.3 Å². The molecule has 244 valence electrons. The first-order valence-corrected chi connectivity index (χ1v) is 21.0. The van der Waals surface area contributed by atoms with Gasteiger partial charge in [0.2, 0.25) is 11.8 Å². The monoisotopic (exact) mass is 682 g/mol. The van der Waals surface area contributed by atoms with Crippen molar-refractivity contribution < 1.29 is 22.8 Å². The predicted molar refractivity (Wildman–Crippen MR) is 182 cm³/mol. The van der Waals surface area contributed by atoms with Crippen LogP contribution in [0.1, 0.15) is 77.0 Å². The normalized spacial score (nSPS) is 22.0. The lowest BCUT2D eigenvalue weighted by Crippen LogP contribution is -2.59. The van der Waals surface area contributed by atoms with Gasteiger partial charge >= 0.3 is 0 Å². The fraction of sp³-hybridized carbons (Fsp3) is 0.576. The van der Waals surface area contributed by atoms with Gasteiger partial charge in [0.1, 0.15) is 0 Å². The maximum absolute atomic E-state index is 14.8. The van der Waals surface area contributed by atoms with Crippen LogP contribution in [0.4, 0.5) is 0 Å². The van der Waals surface area contributed by atoms with Gasteiger partial charge < -0.3 is 15.0 Å². The number of piperidine rings is 1. The smallest absolute Gasteiger partial charge is 0.229 e. The molecule has 3 rings (SSSR count). The van der Waals surface area contributed by atoms with Crippen molar-refractivity contribution in [1.82, 2.24) is 10.2 Å². The van der Waals surface area contributed by atoms with Crippen molar-refractivity contribution in [3.63, 3.8) is 0 Å². The molecule has 1 heterocycles. The van der Waals surface area contributed by atoms with Gasteiger partial charge in [-0.05, 0) is 87.1 Å². The van der Waals surface area contributed by atoms with E-state index in [1.54, 1.807) is 36.9 Å². The minimum atomic E-state index is -3.54. The molecule has 44 heavy (non-hydrogen) atoms. The molecule has 2 N–H and O–H groups in total. The molecule has 2 aromatic rings. The predicted octanol–water partition coefficient (Wildman–Crippen LogP) is 7.00. The summed E-state index contributed by atoms with van der Waals surface area (Å²) in [4.78, 5) is 40.1. The summed E-state index contributed by atoms with van der Waals surface area (Å²) < 4.78 is 26.8. The first-order chi connectivity index (χ1) is 20.3. The Balaban J connectivity index is 2.15.